The predicted octanol–water partition coefficient (Wildman–Crippen LogP) is 6.27. The Balaban J connectivity index is 1.35. The van der Waals surface area contributed by atoms with Crippen LogP contribution < -0.4 is 10.6 Å². The standard InChI is InChI=1S/C28H25FN4O2S2/c1-18-5-11-21(12-6-18)37-25-14-13-23(35-25)27-26(22-4-2-3-16-30-22)32-28(36)33(27)17-15-24(34)31-20-9-7-19(29)8-10-20/h2-14,16,26-27H,15,17H2,1H3,(H,31,34)(H,32,36). The molecule has 0 spiro atoms. The number of hydrogen-bond donors (Lipinski definition) is 2. The molecule has 0 radical (unpaired) electrons. The molecule has 4 aromatic rings. The molecule has 2 N–H and O–H groups in total. The van der Waals surface area contributed by atoms with Gasteiger partial charge in [-0.3, -0.25) is 9.78 Å². The minimum atomic E-state index is -0.353. The number of amides is 1. The fraction of sp³-hybridized carbons (Fsp3) is 0.179. The van der Waals surface area contributed by atoms with Crippen LogP contribution in [0.3, 0.4) is 0 Å². The molecule has 1 fully saturated rings. The Hall–Kier alpha value is -3.69. The summed E-state index contributed by atoms with van der Waals surface area (Å²) in [6.45, 7) is 2.43. The number of nitrogens with one attached hydrogen (secondary N) is 2. The zero-order valence-electron chi connectivity index (χ0n) is 20.1. The number of carbonyl (C=O) groups excluding carboxylic acids is 1. The van der Waals surface area contributed by atoms with Gasteiger partial charge in [0.05, 0.1) is 11.7 Å². The number of halogens is 1. The molecule has 0 saturated carbocycles. The van der Waals surface area contributed by atoms with Crippen LogP contribution in [0.15, 0.2) is 99.5 Å². The van der Waals surface area contributed by atoms with Crippen LogP contribution in [-0.2, 0) is 4.79 Å². The summed E-state index contributed by atoms with van der Waals surface area (Å²) in [5.41, 5.74) is 2.57. The molecule has 9 heteroatoms. The first kappa shape index (κ1) is 25.0. The summed E-state index contributed by atoms with van der Waals surface area (Å²) in [5.74, 6) is 0.189. The summed E-state index contributed by atoms with van der Waals surface area (Å²) in [6, 6.07) is 23.1. The molecule has 0 bridgehead atoms. The molecule has 37 heavy (non-hydrogen) atoms. The van der Waals surface area contributed by atoms with Crippen LogP contribution in [0.25, 0.3) is 0 Å². The fourth-order valence-electron chi connectivity index (χ4n) is 4.20. The number of nitrogens with zero attached hydrogens (tertiary/aromatic N) is 2. The van der Waals surface area contributed by atoms with Gasteiger partial charge in [0.25, 0.3) is 0 Å². The summed E-state index contributed by atoms with van der Waals surface area (Å²) in [6.07, 6.45) is 1.94. The average molecular weight is 533 g/mol. The molecule has 2 aromatic heterocycles. The van der Waals surface area contributed by atoms with Crippen molar-refractivity contribution < 1.29 is 13.6 Å². The smallest absolute Gasteiger partial charge is 0.226 e. The second-order valence-corrected chi connectivity index (χ2v) is 10.2. The van der Waals surface area contributed by atoms with Crippen LogP contribution in [0.4, 0.5) is 10.1 Å². The summed E-state index contributed by atoms with van der Waals surface area (Å²) in [7, 11) is 0. The molecular weight excluding hydrogens is 507 g/mol. The Kier molecular flexibility index (Phi) is 7.52. The Morgan fingerprint density at radius 1 is 1.11 bits per heavy atom. The van der Waals surface area contributed by atoms with E-state index in [2.05, 4.69) is 46.8 Å². The number of pyridine rings is 1. The topological polar surface area (TPSA) is 70.4 Å². The van der Waals surface area contributed by atoms with Crippen LogP contribution >= 0.6 is 24.0 Å². The third-order valence-corrected chi connectivity index (χ3v) is 7.32. The van der Waals surface area contributed by atoms with Gasteiger partial charge >= 0.3 is 0 Å². The molecule has 2 atom stereocenters. The van der Waals surface area contributed by atoms with Gasteiger partial charge in [-0.05, 0) is 79.8 Å². The number of benzene rings is 2. The fourth-order valence-corrected chi connectivity index (χ4v) is 5.31. The molecule has 2 unspecified atom stereocenters. The lowest BCUT2D eigenvalue weighted by Crippen LogP contribution is -2.32. The highest BCUT2D eigenvalue weighted by Gasteiger charge is 2.41. The molecule has 3 heterocycles. The second kappa shape index (κ2) is 11.1. The van der Waals surface area contributed by atoms with E-state index in [1.807, 2.05) is 35.2 Å². The lowest BCUT2D eigenvalue weighted by molar-refractivity contribution is -0.116. The summed E-state index contributed by atoms with van der Waals surface area (Å²) in [4.78, 5) is 20.2. The van der Waals surface area contributed by atoms with E-state index >= 15 is 0 Å². The molecule has 188 valence electrons. The minimum Gasteiger partial charge on any atom is -0.452 e. The number of anilines is 1. The first-order valence-electron chi connectivity index (χ1n) is 11.8. The van der Waals surface area contributed by atoms with E-state index in [1.165, 1.54) is 29.8 Å². The summed E-state index contributed by atoms with van der Waals surface area (Å²) < 4.78 is 19.5. The van der Waals surface area contributed by atoms with Crippen molar-refractivity contribution >= 4 is 40.7 Å². The number of thiocarbonyl (C=S) groups is 1. The minimum absolute atomic E-state index is 0.190. The van der Waals surface area contributed by atoms with E-state index < -0.39 is 0 Å². The van der Waals surface area contributed by atoms with Crippen molar-refractivity contribution in [2.24, 2.45) is 0 Å². The lowest BCUT2D eigenvalue weighted by Gasteiger charge is -2.25. The lowest BCUT2D eigenvalue weighted by atomic mass is 10.0. The maximum absolute atomic E-state index is 13.2. The third-order valence-electron chi connectivity index (χ3n) is 6.04. The first-order chi connectivity index (χ1) is 18.0. The van der Waals surface area contributed by atoms with Crippen molar-refractivity contribution in [1.82, 2.24) is 15.2 Å². The largest absolute Gasteiger partial charge is 0.452 e. The van der Waals surface area contributed by atoms with Gasteiger partial charge in [0.1, 0.15) is 17.6 Å². The van der Waals surface area contributed by atoms with Gasteiger partial charge in [-0.2, -0.15) is 0 Å². The molecule has 1 amide bonds. The maximum atomic E-state index is 13.2. The number of aryl methyl sites for hydroxylation is 1. The monoisotopic (exact) mass is 532 g/mol. The first-order valence-corrected chi connectivity index (χ1v) is 13.1. The van der Waals surface area contributed by atoms with Gasteiger partial charge < -0.3 is 20.0 Å². The maximum Gasteiger partial charge on any atom is 0.226 e. The zero-order valence-corrected chi connectivity index (χ0v) is 21.7. The quantitative estimate of drug-likeness (QED) is 0.259. The Morgan fingerprint density at radius 2 is 1.89 bits per heavy atom. The van der Waals surface area contributed by atoms with E-state index in [0.717, 1.165) is 21.4 Å². The van der Waals surface area contributed by atoms with E-state index in [-0.39, 0.29) is 30.2 Å². The number of aromatic nitrogens is 1. The van der Waals surface area contributed by atoms with Gasteiger partial charge in [-0.15, -0.1) is 0 Å². The van der Waals surface area contributed by atoms with Crippen molar-refractivity contribution in [1.29, 1.82) is 0 Å². The normalized spacial score (nSPS) is 17.0. The van der Waals surface area contributed by atoms with E-state index in [4.69, 9.17) is 16.6 Å². The number of carbonyl (C=O) groups is 1. The van der Waals surface area contributed by atoms with Crippen molar-refractivity contribution in [3.63, 3.8) is 0 Å². The van der Waals surface area contributed by atoms with Crippen LogP contribution in [0, 0.1) is 12.7 Å². The van der Waals surface area contributed by atoms with Crippen molar-refractivity contribution in [2.45, 2.75) is 35.4 Å². The molecular formula is C28H25FN4O2S2. The summed E-state index contributed by atoms with van der Waals surface area (Å²) in [5, 5.41) is 7.47. The Bertz CT molecular complexity index is 1380. The number of furan rings is 1. The van der Waals surface area contributed by atoms with Crippen LogP contribution in [0.1, 0.15) is 35.5 Å². The molecule has 0 aliphatic carbocycles. The Labute approximate surface area is 224 Å². The van der Waals surface area contributed by atoms with Gasteiger partial charge in [-0.25, -0.2) is 4.39 Å². The Morgan fingerprint density at radius 3 is 2.62 bits per heavy atom. The zero-order chi connectivity index (χ0) is 25.8. The van der Waals surface area contributed by atoms with Crippen LogP contribution in [-0.4, -0.2) is 27.4 Å². The molecule has 1 aliphatic rings. The highest BCUT2D eigenvalue weighted by Crippen LogP contribution is 2.41. The van der Waals surface area contributed by atoms with E-state index in [1.54, 1.807) is 18.0 Å². The number of rotatable bonds is 8. The molecule has 2 aromatic carbocycles. The van der Waals surface area contributed by atoms with Crippen molar-refractivity contribution in [2.75, 3.05) is 11.9 Å². The highest BCUT2D eigenvalue weighted by molar-refractivity contribution is 7.99. The van der Waals surface area contributed by atoms with Gasteiger partial charge in [0.15, 0.2) is 10.2 Å². The third kappa shape index (κ3) is 6.00. The van der Waals surface area contributed by atoms with Crippen molar-refractivity contribution in [3.05, 3.63) is 108 Å². The molecule has 5 rings (SSSR count). The van der Waals surface area contributed by atoms with Crippen LogP contribution in [0.2, 0.25) is 0 Å². The highest BCUT2D eigenvalue weighted by atomic mass is 32.2. The van der Waals surface area contributed by atoms with Crippen molar-refractivity contribution in [3.8, 4) is 0 Å². The molecule has 1 saturated heterocycles. The van der Waals surface area contributed by atoms with Crippen LogP contribution in [0.5, 0.6) is 0 Å². The van der Waals surface area contributed by atoms with E-state index in [9.17, 15) is 9.18 Å². The summed E-state index contributed by atoms with van der Waals surface area (Å²) >= 11 is 7.23. The molecule has 1 aliphatic heterocycles. The van der Waals surface area contributed by atoms with Gasteiger partial charge in [0.2, 0.25) is 5.91 Å². The SMILES string of the molecule is Cc1ccc(Sc2ccc(C3C(c4ccccn4)NC(=S)N3CCC(=O)Nc3ccc(F)cc3)o2)cc1. The molecule has 6 nitrogen and oxygen atoms in total. The second-order valence-electron chi connectivity index (χ2n) is 8.70. The van der Waals surface area contributed by atoms with E-state index in [0.29, 0.717) is 17.3 Å². The van der Waals surface area contributed by atoms with Gasteiger partial charge in [0, 0.05) is 29.7 Å². The average Bonchev–Trinajstić information content (AvgIpc) is 3.49. The number of hydrogen-bond acceptors (Lipinski definition) is 5. The van der Waals surface area contributed by atoms with Gasteiger partial charge in [-0.1, -0.05) is 35.5 Å². The predicted molar refractivity (Wildman–Crippen MR) is 146 cm³/mol.